The molecule has 0 spiro atoms. The normalized spacial score (nSPS) is 15.1. The van der Waals surface area contributed by atoms with E-state index in [4.69, 9.17) is 5.11 Å². The molecule has 0 saturated carbocycles. The van der Waals surface area contributed by atoms with Crippen LogP contribution in [0.5, 0.6) is 0 Å². The van der Waals surface area contributed by atoms with E-state index >= 15 is 0 Å². The van der Waals surface area contributed by atoms with Crippen LogP contribution in [-0.4, -0.2) is 28.9 Å². The third-order valence-electron chi connectivity index (χ3n) is 2.98. The van der Waals surface area contributed by atoms with Crippen molar-refractivity contribution in [3.8, 4) is 0 Å². The predicted molar refractivity (Wildman–Crippen MR) is 68.0 cm³/mol. The number of hydrogen-bond acceptors (Lipinski definition) is 3. The Morgan fingerprint density at radius 3 is 2.79 bits per heavy atom. The van der Waals surface area contributed by atoms with E-state index in [9.17, 15) is 14.4 Å². The molecule has 19 heavy (non-hydrogen) atoms. The Morgan fingerprint density at radius 1 is 1.37 bits per heavy atom. The lowest BCUT2D eigenvalue weighted by Crippen LogP contribution is -2.38. The molecule has 1 aliphatic rings. The Balaban J connectivity index is 2.16. The van der Waals surface area contributed by atoms with Crippen LogP contribution in [0.25, 0.3) is 0 Å². The summed E-state index contributed by atoms with van der Waals surface area (Å²) in [5.41, 5.74) is 1.98. The molecule has 3 N–H and O–H groups in total. The first-order chi connectivity index (χ1) is 8.97. The fraction of sp³-hybridized carbons (Fsp3) is 0.308. The molecule has 1 aromatic rings. The van der Waals surface area contributed by atoms with E-state index in [0.717, 1.165) is 5.56 Å². The number of carboxylic acids is 1. The molecule has 0 fully saturated rings. The molecule has 2 amide bonds. The van der Waals surface area contributed by atoms with Crippen molar-refractivity contribution in [1.29, 1.82) is 0 Å². The van der Waals surface area contributed by atoms with Gasteiger partial charge in [0.05, 0.1) is 0 Å². The number of amides is 2. The number of carboxylic acid groups (broad SMARTS) is 1. The summed E-state index contributed by atoms with van der Waals surface area (Å²) in [6, 6.07) is 3.96. The van der Waals surface area contributed by atoms with Gasteiger partial charge in [-0.15, -0.1) is 0 Å². The van der Waals surface area contributed by atoms with Gasteiger partial charge in [0.2, 0.25) is 5.91 Å². The van der Waals surface area contributed by atoms with Crippen LogP contribution in [0, 0.1) is 0 Å². The summed E-state index contributed by atoms with van der Waals surface area (Å²) >= 11 is 0. The zero-order valence-electron chi connectivity index (χ0n) is 10.4. The summed E-state index contributed by atoms with van der Waals surface area (Å²) in [4.78, 5) is 33.7. The number of carbonyl (C=O) groups excluding carboxylic acids is 2. The van der Waals surface area contributed by atoms with Crippen molar-refractivity contribution in [2.24, 2.45) is 0 Å². The standard InChI is InChI=1S/C13H14N2O4/c1-7(13(18)19)14-12(17)9-2-4-10-8(6-9)3-5-11(16)15-10/h2,4,6-7H,3,5H2,1H3,(H,14,17)(H,15,16)(H,18,19). The number of rotatable bonds is 3. The molecule has 1 unspecified atom stereocenters. The van der Waals surface area contributed by atoms with Crippen molar-refractivity contribution >= 4 is 23.5 Å². The Morgan fingerprint density at radius 2 is 2.11 bits per heavy atom. The monoisotopic (exact) mass is 262 g/mol. The zero-order chi connectivity index (χ0) is 14.0. The van der Waals surface area contributed by atoms with E-state index < -0.39 is 17.9 Å². The van der Waals surface area contributed by atoms with Crippen LogP contribution in [0.4, 0.5) is 5.69 Å². The lowest BCUT2D eigenvalue weighted by atomic mass is 10.00. The van der Waals surface area contributed by atoms with Gasteiger partial charge in [-0.05, 0) is 37.1 Å². The number of fused-ring (bicyclic) bond motifs is 1. The van der Waals surface area contributed by atoms with E-state index in [1.807, 2.05) is 0 Å². The summed E-state index contributed by atoms with van der Waals surface area (Å²) in [6.45, 7) is 1.40. The van der Waals surface area contributed by atoms with E-state index in [0.29, 0.717) is 24.1 Å². The van der Waals surface area contributed by atoms with Gasteiger partial charge in [0.15, 0.2) is 0 Å². The third kappa shape index (κ3) is 2.90. The summed E-state index contributed by atoms with van der Waals surface area (Å²) < 4.78 is 0. The third-order valence-corrected chi connectivity index (χ3v) is 2.98. The number of anilines is 1. The molecule has 6 heteroatoms. The largest absolute Gasteiger partial charge is 0.480 e. The molecule has 0 aliphatic carbocycles. The van der Waals surface area contributed by atoms with Crippen LogP contribution < -0.4 is 10.6 Å². The molecule has 0 bridgehead atoms. The van der Waals surface area contributed by atoms with Crippen molar-refractivity contribution in [3.63, 3.8) is 0 Å². The molecule has 1 aromatic carbocycles. The Kier molecular flexibility index (Phi) is 3.50. The van der Waals surface area contributed by atoms with Gasteiger partial charge in [-0.3, -0.25) is 14.4 Å². The number of benzene rings is 1. The maximum Gasteiger partial charge on any atom is 0.325 e. The average Bonchev–Trinajstić information content (AvgIpc) is 2.37. The van der Waals surface area contributed by atoms with Crippen LogP contribution in [0.15, 0.2) is 18.2 Å². The number of hydrogen-bond donors (Lipinski definition) is 3. The fourth-order valence-corrected chi connectivity index (χ4v) is 1.87. The Labute approximate surface area is 109 Å². The van der Waals surface area contributed by atoms with E-state index in [1.54, 1.807) is 18.2 Å². The second kappa shape index (κ2) is 5.09. The maximum absolute atomic E-state index is 11.8. The molecule has 0 aromatic heterocycles. The molecule has 0 radical (unpaired) electrons. The van der Waals surface area contributed by atoms with Crippen LogP contribution >= 0.6 is 0 Å². The molecular weight excluding hydrogens is 248 g/mol. The van der Waals surface area contributed by atoms with Crippen molar-refractivity contribution < 1.29 is 19.5 Å². The molecule has 2 rings (SSSR count). The quantitative estimate of drug-likeness (QED) is 0.749. The minimum absolute atomic E-state index is 0.0378. The highest BCUT2D eigenvalue weighted by molar-refractivity contribution is 5.99. The van der Waals surface area contributed by atoms with Crippen molar-refractivity contribution in [3.05, 3.63) is 29.3 Å². The Bertz CT molecular complexity index is 554. The molecule has 1 atom stereocenters. The molecular formula is C13H14N2O4. The first-order valence-corrected chi connectivity index (χ1v) is 5.94. The summed E-state index contributed by atoms with van der Waals surface area (Å²) in [6.07, 6.45) is 0.973. The van der Waals surface area contributed by atoms with Gasteiger partial charge in [-0.1, -0.05) is 0 Å². The van der Waals surface area contributed by atoms with E-state index in [1.165, 1.54) is 6.92 Å². The maximum atomic E-state index is 11.8. The van der Waals surface area contributed by atoms with E-state index in [-0.39, 0.29) is 5.91 Å². The highest BCUT2D eigenvalue weighted by Gasteiger charge is 2.19. The van der Waals surface area contributed by atoms with Crippen molar-refractivity contribution in [1.82, 2.24) is 5.32 Å². The van der Waals surface area contributed by atoms with Gasteiger partial charge in [0.1, 0.15) is 6.04 Å². The molecule has 1 aliphatic heterocycles. The zero-order valence-corrected chi connectivity index (χ0v) is 10.4. The first kappa shape index (κ1) is 13.1. The number of aryl methyl sites for hydroxylation is 1. The first-order valence-electron chi connectivity index (χ1n) is 5.94. The number of aliphatic carboxylic acids is 1. The van der Waals surface area contributed by atoms with Gasteiger partial charge < -0.3 is 15.7 Å². The van der Waals surface area contributed by atoms with Crippen LogP contribution in [0.1, 0.15) is 29.3 Å². The topological polar surface area (TPSA) is 95.5 Å². The second-order valence-electron chi connectivity index (χ2n) is 4.45. The Hall–Kier alpha value is -2.37. The number of nitrogens with one attached hydrogen (secondary N) is 2. The van der Waals surface area contributed by atoms with Gasteiger partial charge in [-0.25, -0.2) is 0 Å². The highest BCUT2D eigenvalue weighted by Crippen LogP contribution is 2.23. The van der Waals surface area contributed by atoms with Gasteiger partial charge in [0.25, 0.3) is 5.91 Å². The summed E-state index contributed by atoms with van der Waals surface area (Å²) in [5, 5.41) is 13.8. The van der Waals surface area contributed by atoms with Gasteiger partial charge in [0, 0.05) is 17.7 Å². The average molecular weight is 262 g/mol. The SMILES string of the molecule is CC(NC(=O)c1ccc2c(c1)CCC(=O)N2)C(=O)O. The van der Waals surface area contributed by atoms with Crippen LogP contribution in [0.3, 0.4) is 0 Å². The van der Waals surface area contributed by atoms with Gasteiger partial charge >= 0.3 is 5.97 Å². The number of carbonyl (C=O) groups is 3. The smallest absolute Gasteiger partial charge is 0.325 e. The van der Waals surface area contributed by atoms with E-state index in [2.05, 4.69) is 10.6 Å². The molecule has 1 heterocycles. The highest BCUT2D eigenvalue weighted by atomic mass is 16.4. The molecule has 6 nitrogen and oxygen atoms in total. The lowest BCUT2D eigenvalue weighted by Gasteiger charge is -2.17. The fourth-order valence-electron chi connectivity index (χ4n) is 1.87. The summed E-state index contributed by atoms with van der Waals surface area (Å²) in [5.74, 6) is -1.56. The molecule has 100 valence electrons. The minimum Gasteiger partial charge on any atom is -0.480 e. The van der Waals surface area contributed by atoms with Crippen molar-refractivity contribution in [2.45, 2.75) is 25.8 Å². The second-order valence-corrected chi connectivity index (χ2v) is 4.45. The summed E-state index contributed by atoms with van der Waals surface area (Å²) in [7, 11) is 0. The van der Waals surface area contributed by atoms with Crippen LogP contribution in [0.2, 0.25) is 0 Å². The minimum atomic E-state index is -1.08. The predicted octanol–water partition coefficient (Wildman–Crippen LogP) is 0.774. The van der Waals surface area contributed by atoms with Crippen molar-refractivity contribution in [2.75, 3.05) is 5.32 Å². The lowest BCUT2D eigenvalue weighted by molar-refractivity contribution is -0.138. The van der Waals surface area contributed by atoms with Crippen LogP contribution in [-0.2, 0) is 16.0 Å². The van der Waals surface area contributed by atoms with Gasteiger partial charge in [-0.2, -0.15) is 0 Å². The molecule has 0 saturated heterocycles.